The Kier molecular flexibility index (Phi) is 6.75. The molecule has 0 aliphatic carbocycles. The van der Waals surface area contributed by atoms with E-state index in [1.165, 1.54) is 31.2 Å². The molecule has 138 valence electrons. The van der Waals surface area contributed by atoms with E-state index in [-0.39, 0.29) is 12.3 Å². The normalized spacial score (nSPS) is 13.9. The monoisotopic (exact) mass is 423 g/mol. The minimum absolute atomic E-state index is 0.0962. The van der Waals surface area contributed by atoms with Gasteiger partial charge in [-0.25, -0.2) is 4.79 Å². The molecule has 0 aromatic heterocycles. The maximum Gasteiger partial charge on any atom is 0.423 e. The highest BCUT2D eigenvalue weighted by atomic mass is 79.9. The Morgan fingerprint density at radius 1 is 1.12 bits per heavy atom. The summed E-state index contributed by atoms with van der Waals surface area (Å²) in [6.07, 6.45) is -5.27. The first-order chi connectivity index (χ1) is 11.5. The zero-order valence-electron chi connectivity index (χ0n) is 13.7. The smallest absolute Gasteiger partial charge is 0.423 e. The van der Waals surface area contributed by atoms with Crippen LogP contribution in [0.25, 0.3) is 0 Å². The number of carbonyl (C=O) groups excluding carboxylic acids is 3. The first kappa shape index (κ1) is 21.1. The van der Waals surface area contributed by atoms with Crippen LogP contribution in [-0.4, -0.2) is 35.9 Å². The van der Waals surface area contributed by atoms with E-state index >= 15 is 0 Å². The summed E-state index contributed by atoms with van der Waals surface area (Å²) in [5.74, 6) is -6.21. The Morgan fingerprint density at radius 3 is 1.96 bits per heavy atom. The van der Waals surface area contributed by atoms with Crippen molar-refractivity contribution in [1.82, 2.24) is 0 Å². The lowest BCUT2D eigenvalue weighted by molar-refractivity contribution is -0.211. The number of ketones is 2. The molecule has 0 bridgehead atoms. The van der Waals surface area contributed by atoms with Crippen LogP contribution in [0.4, 0.5) is 18.9 Å². The summed E-state index contributed by atoms with van der Waals surface area (Å²) in [5.41, 5.74) is -3.62. The van der Waals surface area contributed by atoms with Gasteiger partial charge in [-0.15, -0.1) is 0 Å². The molecule has 1 atom stereocenters. The summed E-state index contributed by atoms with van der Waals surface area (Å²) < 4.78 is 47.2. The Labute approximate surface area is 151 Å². The number of carbonyl (C=O) groups is 3. The van der Waals surface area contributed by atoms with E-state index in [1.54, 1.807) is 0 Å². The molecule has 0 aliphatic rings. The molecular weight excluding hydrogens is 407 g/mol. The van der Waals surface area contributed by atoms with Crippen LogP contribution in [0.15, 0.2) is 28.7 Å². The number of alkyl halides is 3. The number of rotatable bonds is 7. The van der Waals surface area contributed by atoms with Gasteiger partial charge in [-0.3, -0.25) is 9.59 Å². The fraction of sp³-hybridized carbons (Fsp3) is 0.438. The predicted molar refractivity (Wildman–Crippen MR) is 88.0 cm³/mol. The maximum atomic E-state index is 14.0. The van der Waals surface area contributed by atoms with Crippen molar-refractivity contribution in [3.8, 4) is 0 Å². The van der Waals surface area contributed by atoms with Crippen LogP contribution in [0.1, 0.15) is 20.8 Å². The van der Waals surface area contributed by atoms with Crippen molar-refractivity contribution in [3.05, 3.63) is 28.7 Å². The molecule has 0 aliphatic heterocycles. The zero-order valence-corrected chi connectivity index (χ0v) is 15.3. The van der Waals surface area contributed by atoms with Crippen LogP contribution in [0.2, 0.25) is 0 Å². The molecule has 0 radical (unpaired) electrons. The van der Waals surface area contributed by atoms with Gasteiger partial charge in [-0.05, 0) is 45.0 Å². The number of ether oxygens (including phenoxy) is 1. The van der Waals surface area contributed by atoms with Crippen molar-refractivity contribution in [2.75, 3.05) is 11.9 Å². The van der Waals surface area contributed by atoms with Crippen molar-refractivity contribution < 1.29 is 32.3 Å². The van der Waals surface area contributed by atoms with Gasteiger partial charge in [0.15, 0.2) is 0 Å². The molecule has 1 aromatic rings. The van der Waals surface area contributed by atoms with Crippen molar-refractivity contribution in [1.29, 1.82) is 0 Å². The summed E-state index contributed by atoms with van der Waals surface area (Å²) in [6, 6.07) is 5.46. The molecule has 0 amide bonds. The summed E-state index contributed by atoms with van der Waals surface area (Å²) >= 11 is 3.14. The minimum atomic E-state index is -5.27. The average Bonchev–Trinajstić information content (AvgIpc) is 2.46. The van der Waals surface area contributed by atoms with Crippen LogP contribution < -0.4 is 5.32 Å². The Morgan fingerprint density at radius 2 is 1.60 bits per heavy atom. The first-order valence-corrected chi connectivity index (χ1v) is 8.05. The maximum absolute atomic E-state index is 14.0. The van der Waals surface area contributed by atoms with Crippen molar-refractivity contribution in [2.45, 2.75) is 32.5 Å². The lowest BCUT2D eigenvalue weighted by atomic mass is 9.77. The Bertz CT molecular complexity index is 646. The number of esters is 1. The SMILES string of the molecule is CCOC(=O)C(Nc1ccc(Br)cc1)(C(C(C)=O)C(C)=O)C(F)(F)F. The van der Waals surface area contributed by atoms with Gasteiger partial charge in [0.05, 0.1) is 6.61 Å². The van der Waals surface area contributed by atoms with E-state index in [0.29, 0.717) is 4.47 Å². The van der Waals surface area contributed by atoms with Gasteiger partial charge in [-0.2, -0.15) is 13.2 Å². The number of halogens is 4. The molecule has 1 N–H and O–H groups in total. The largest absolute Gasteiger partial charge is 0.464 e. The van der Waals surface area contributed by atoms with Crippen molar-refractivity contribution in [3.63, 3.8) is 0 Å². The predicted octanol–water partition coefficient (Wildman–Crippen LogP) is 3.52. The van der Waals surface area contributed by atoms with Gasteiger partial charge >= 0.3 is 12.1 Å². The summed E-state index contributed by atoms with van der Waals surface area (Å²) in [7, 11) is 0. The van der Waals surface area contributed by atoms with Crippen LogP contribution in [0, 0.1) is 5.92 Å². The van der Waals surface area contributed by atoms with E-state index in [2.05, 4.69) is 20.7 Å². The number of benzene rings is 1. The summed E-state index contributed by atoms with van der Waals surface area (Å²) in [4.78, 5) is 36.0. The van der Waals surface area contributed by atoms with E-state index < -0.39 is 35.2 Å². The lowest BCUT2D eigenvalue weighted by Crippen LogP contribution is -2.66. The Balaban J connectivity index is 3.64. The molecule has 1 aromatic carbocycles. The standard InChI is InChI=1S/C16H17BrF3NO4/c1-4-25-14(24)15(16(18,19)20,13(9(2)22)10(3)23)21-12-7-5-11(17)6-8-12/h5-8,13,21H,4H2,1-3H3. The van der Waals surface area contributed by atoms with Gasteiger partial charge in [0.1, 0.15) is 17.5 Å². The fourth-order valence-corrected chi connectivity index (χ4v) is 2.76. The number of Topliss-reactive ketones (excluding diaryl/α,β-unsaturated/α-hetero) is 2. The first-order valence-electron chi connectivity index (χ1n) is 7.26. The number of hydrogen-bond donors (Lipinski definition) is 1. The Hall–Kier alpha value is -1.90. The molecule has 1 unspecified atom stereocenters. The lowest BCUT2D eigenvalue weighted by Gasteiger charge is -2.38. The highest BCUT2D eigenvalue weighted by Crippen LogP contribution is 2.41. The number of hydrogen-bond acceptors (Lipinski definition) is 5. The molecule has 0 saturated carbocycles. The van der Waals surface area contributed by atoms with Crippen LogP contribution in [-0.2, 0) is 19.1 Å². The van der Waals surface area contributed by atoms with Crippen molar-refractivity contribution in [2.24, 2.45) is 5.92 Å². The minimum Gasteiger partial charge on any atom is -0.464 e. The van der Waals surface area contributed by atoms with Crippen LogP contribution in [0.3, 0.4) is 0 Å². The number of anilines is 1. The second-order valence-electron chi connectivity index (χ2n) is 5.31. The third-order valence-corrected chi connectivity index (χ3v) is 4.01. The van der Waals surface area contributed by atoms with Gasteiger partial charge in [0.2, 0.25) is 5.54 Å². The molecule has 25 heavy (non-hydrogen) atoms. The third-order valence-electron chi connectivity index (χ3n) is 3.48. The highest BCUT2D eigenvalue weighted by Gasteiger charge is 2.68. The average molecular weight is 424 g/mol. The summed E-state index contributed by atoms with van der Waals surface area (Å²) in [6.45, 7) is 2.64. The molecule has 9 heteroatoms. The molecule has 1 rings (SSSR count). The van der Waals surface area contributed by atoms with E-state index in [9.17, 15) is 27.6 Å². The van der Waals surface area contributed by atoms with E-state index in [0.717, 1.165) is 13.8 Å². The fourth-order valence-electron chi connectivity index (χ4n) is 2.49. The van der Waals surface area contributed by atoms with Gasteiger partial charge in [-0.1, -0.05) is 15.9 Å². The molecule has 0 saturated heterocycles. The molecule has 0 fully saturated rings. The van der Waals surface area contributed by atoms with Crippen LogP contribution in [0.5, 0.6) is 0 Å². The second kappa shape index (κ2) is 7.99. The zero-order chi connectivity index (χ0) is 19.4. The van der Waals surface area contributed by atoms with E-state index in [4.69, 9.17) is 0 Å². The quantitative estimate of drug-likeness (QED) is 0.536. The van der Waals surface area contributed by atoms with Gasteiger partial charge in [0.25, 0.3) is 0 Å². The van der Waals surface area contributed by atoms with Crippen molar-refractivity contribution >= 4 is 39.2 Å². The third kappa shape index (κ3) is 4.39. The highest BCUT2D eigenvalue weighted by molar-refractivity contribution is 9.10. The van der Waals surface area contributed by atoms with E-state index in [1.807, 2.05) is 5.32 Å². The second-order valence-corrected chi connectivity index (χ2v) is 6.23. The van der Waals surface area contributed by atoms with Gasteiger partial charge < -0.3 is 10.1 Å². The van der Waals surface area contributed by atoms with Crippen LogP contribution >= 0.6 is 15.9 Å². The summed E-state index contributed by atoms with van der Waals surface area (Å²) in [5, 5.41) is 2.05. The molecular formula is C16H17BrF3NO4. The molecule has 5 nitrogen and oxygen atoms in total. The molecule has 0 heterocycles. The van der Waals surface area contributed by atoms with Gasteiger partial charge in [0, 0.05) is 10.2 Å². The number of nitrogens with one attached hydrogen (secondary N) is 1. The topological polar surface area (TPSA) is 72.5 Å². The molecule has 0 spiro atoms.